The molecule has 3 aromatic rings. The first-order valence-electron chi connectivity index (χ1n) is 7.39. The van der Waals surface area contributed by atoms with Crippen molar-refractivity contribution in [1.82, 2.24) is 0 Å². The Morgan fingerprint density at radius 2 is 2.10 bits per heavy atom. The minimum Gasteiger partial charge on any atom is -0.293 e. The zero-order valence-corrected chi connectivity index (χ0v) is 13.3. The lowest BCUT2D eigenvalue weighted by Gasteiger charge is -2.24. The van der Waals surface area contributed by atoms with E-state index in [-0.39, 0.29) is 0 Å². The molecule has 0 aliphatic heterocycles. The van der Waals surface area contributed by atoms with Crippen molar-refractivity contribution in [3.05, 3.63) is 57.8 Å². The monoisotopic (exact) mass is 312 g/mol. The lowest BCUT2D eigenvalue weighted by Crippen LogP contribution is -2.13. The Bertz CT molecular complexity index is 768. The Balaban J connectivity index is 1.59. The molecule has 1 nitrogen and oxygen atoms in total. The van der Waals surface area contributed by atoms with Gasteiger partial charge in [0.2, 0.25) is 0 Å². The lowest BCUT2D eigenvalue weighted by molar-refractivity contribution is 0.0975. The first-order chi connectivity index (χ1) is 10.3. The second kappa shape index (κ2) is 5.39. The maximum absolute atomic E-state index is 12.6. The molecule has 0 spiro atoms. The summed E-state index contributed by atoms with van der Waals surface area (Å²) < 4.78 is 2.49. The summed E-state index contributed by atoms with van der Waals surface area (Å²) in [5.74, 6) is 0.715. The third kappa shape index (κ3) is 2.45. The normalized spacial score (nSPS) is 17.8. The largest absolute Gasteiger partial charge is 0.293 e. The van der Waals surface area contributed by atoms with Crippen molar-refractivity contribution < 1.29 is 4.79 Å². The van der Waals surface area contributed by atoms with E-state index in [1.165, 1.54) is 26.9 Å². The molecule has 1 aliphatic carbocycles. The highest BCUT2D eigenvalue weighted by Gasteiger charge is 2.23. The highest BCUT2D eigenvalue weighted by Crippen LogP contribution is 2.36. The molecule has 1 aromatic carbocycles. The molecule has 1 aliphatic rings. The summed E-state index contributed by atoms with van der Waals surface area (Å²) in [4.78, 5) is 13.5. The molecule has 2 aromatic heterocycles. The fourth-order valence-electron chi connectivity index (χ4n) is 3.29. The number of thiophene rings is 2. The quantitative estimate of drug-likeness (QED) is 0.571. The molecular weight excluding hydrogens is 296 g/mol. The van der Waals surface area contributed by atoms with Crippen LogP contribution < -0.4 is 0 Å². The van der Waals surface area contributed by atoms with Crippen molar-refractivity contribution in [1.29, 1.82) is 0 Å². The Labute approximate surface area is 132 Å². The van der Waals surface area contributed by atoms with Gasteiger partial charge in [-0.1, -0.05) is 24.3 Å². The van der Waals surface area contributed by atoms with E-state index in [0.29, 0.717) is 18.1 Å². The minimum absolute atomic E-state index is 0.310. The highest BCUT2D eigenvalue weighted by molar-refractivity contribution is 7.27. The average Bonchev–Trinajstić information content (AvgIpc) is 3.09. The second-order valence-electron chi connectivity index (χ2n) is 5.68. The van der Waals surface area contributed by atoms with Crippen LogP contribution in [0.4, 0.5) is 0 Å². The van der Waals surface area contributed by atoms with Gasteiger partial charge in [0.05, 0.1) is 4.88 Å². The van der Waals surface area contributed by atoms with Gasteiger partial charge < -0.3 is 0 Å². The second-order valence-corrected chi connectivity index (χ2v) is 7.71. The van der Waals surface area contributed by atoms with Gasteiger partial charge in [0.25, 0.3) is 0 Å². The summed E-state index contributed by atoms with van der Waals surface area (Å²) in [6.45, 7) is 0. The van der Waals surface area contributed by atoms with Crippen LogP contribution in [0.25, 0.3) is 9.40 Å². The topological polar surface area (TPSA) is 17.1 Å². The van der Waals surface area contributed by atoms with Crippen molar-refractivity contribution in [2.24, 2.45) is 0 Å². The number of Topliss-reactive ketones (excluding diaryl/α,β-unsaturated/α-hetero) is 1. The van der Waals surface area contributed by atoms with Gasteiger partial charge in [0.1, 0.15) is 0 Å². The summed E-state index contributed by atoms with van der Waals surface area (Å²) >= 11 is 3.36. The number of carbonyl (C=O) groups is 1. The number of hydrogen-bond acceptors (Lipinski definition) is 3. The van der Waals surface area contributed by atoms with Crippen LogP contribution in [-0.2, 0) is 6.42 Å². The molecular formula is C18H16OS2. The fraction of sp³-hybridized carbons (Fsp3) is 0.278. The third-order valence-electron chi connectivity index (χ3n) is 4.34. The summed E-state index contributed by atoms with van der Waals surface area (Å²) in [6, 6.07) is 12.8. The van der Waals surface area contributed by atoms with Crippen LogP contribution in [-0.4, -0.2) is 5.78 Å². The molecule has 0 N–H and O–H groups in total. The average molecular weight is 312 g/mol. The number of hydrogen-bond donors (Lipinski definition) is 0. The maximum atomic E-state index is 12.6. The third-order valence-corrected chi connectivity index (χ3v) is 6.47. The van der Waals surface area contributed by atoms with E-state index in [4.69, 9.17) is 0 Å². The zero-order chi connectivity index (χ0) is 14.2. The van der Waals surface area contributed by atoms with E-state index in [1.807, 2.05) is 0 Å². The van der Waals surface area contributed by atoms with E-state index in [9.17, 15) is 4.79 Å². The molecule has 2 heterocycles. The van der Waals surface area contributed by atoms with Gasteiger partial charge in [-0.05, 0) is 53.8 Å². The van der Waals surface area contributed by atoms with E-state index >= 15 is 0 Å². The molecule has 21 heavy (non-hydrogen) atoms. The molecule has 4 rings (SSSR count). The summed E-state index contributed by atoms with van der Waals surface area (Å²) in [5, 5.41) is 2.09. The summed E-state index contributed by atoms with van der Waals surface area (Å²) in [6.07, 6.45) is 4.16. The smallest absolute Gasteiger partial charge is 0.173 e. The molecule has 0 radical (unpaired) electrons. The molecule has 0 fully saturated rings. The highest BCUT2D eigenvalue weighted by atomic mass is 32.1. The van der Waals surface area contributed by atoms with Crippen LogP contribution >= 0.6 is 22.7 Å². The molecule has 0 bridgehead atoms. The van der Waals surface area contributed by atoms with E-state index in [0.717, 1.165) is 17.7 Å². The summed E-state index contributed by atoms with van der Waals surface area (Å²) in [5.41, 5.74) is 2.84. The number of carbonyl (C=O) groups excluding carboxylic acids is 1. The van der Waals surface area contributed by atoms with E-state index in [2.05, 4.69) is 41.8 Å². The zero-order valence-electron chi connectivity index (χ0n) is 11.7. The Morgan fingerprint density at radius 3 is 3.00 bits per heavy atom. The Kier molecular flexibility index (Phi) is 3.40. The van der Waals surface area contributed by atoms with Gasteiger partial charge >= 0.3 is 0 Å². The van der Waals surface area contributed by atoms with Gasteiger partial charge in [0.15, 0.2) is 5.78 Å². The van der Waals surface area contributed by atoms with Crippen LogP contribution in [0.15, 0.2) is 41.8 Å². The van der Waals surface area contributed by atoms with Crippen LogP contribution in [0.3, 0.4) is 0 Å². The Hall–Kier alpha value is -1.45. The van der Waals surface area contributed by atoms with Crippen LogP contribution in [0.2, 0.25) is 0 Å². The van der Waals surface area contributed by atoms with Crippen molar-refractivity contribution in [2.45, 2.75) is 31.6 Å². The molecule has 106 valence electrons. The molecule has 0 amide bonds. The molecule has 1 unspecified atom stereocenters. The first kappa shape index (κ1) is 13.2. The van der Waals surface area contributed by atoms with Gasteiger partial charge in [-0.15, -0.1) is 22.7 Å². The number of benzene rings is 1. The van der Waals surface area contributed by atoms with Crippen LogP contribution in [0, 0.1) is 0 Å². The molecule has 1 atom stereocenters. The SMILES string of the molecule is O=C(CC1CCCc2ccccc21)c1cc2sccc2s1. The van der Waals surface area contributed by atoms with Crippen molar-refractivity contribution >= 4 is 37.9 Å². The van der Waals surface area contributed by atoms with Gasteiger partial charge in [0, 0.05) is 15.8 Å². The lowest BCUT2D eigenvalue weighted by atomic mass is 9.80. The minimum atomic E-state index is 0.310. The van der Waals surface area contributed by atoms with E-state index in [1.54, 1.807) is 22.7 Å². The first-order valence-corrected chi connectivity index (χ1v) is 9.09. The van der Waals surface area contributed by atoms with Crippen LogP contribution in [0.5, 0.6) is 0 Å². The molecule has 3 heteroatoms. The van der Waals surface area contributed by atoms with Crippen LogP contribution in [0.1, 0.15) is 46.0 Å². The van der Waals surface area contributed by atoms with Gasteiger partial charge in [-0.3, -0.25) is 4.79 Å². The van der Waals surface area contributed by atoms with Crippen molar-refractivity contribution in [3.8, 4) is 0 Å². The van der Waals surface area contributed by atoms with Crippen molar-refractivity contribution in [3.63, 3.8) is 0 Å². The predicted octanol–water partition coefficient (Wildman–Crippen LogP) is 5.66. The maximum Gasteiger partial charge on any atom is 0.173 e. The molecule has 0 saturated heterocycles. The number of aryl methyl sites for hydroxylation is 1. The Morgan fingerprint density at radius 1 is 1.19 bits per heavy atom. The van der Waals surface area contributed by atoms with E-state index < -0.39 is 0 Å². The van der Waals surface area contributed by atoms with Crippen molar-refractivity contribution in [2.75, 3.05) is 0 Å². The number of fused-ring (bicyclic) bond motifs is 2. The standard InChI is InChI=1S/C18H16OS2/c19-15(17-11-18-16(21-17)8-9-20-18)10-13-6-3-5-12-4-1-2-7-14(12)13/h1-2,4,7-9,11,13H,3,5-6,10H2. The fourth-order valence-corrected chi connectivity index (χ4v) is 5.35. The molecule has 0 saturated carbocycles. The number of ketones is 1. The predicted molar refractivity (Wildman–Crippen MR) is 90.8 cm³/mol. The number of rotatable bonds is 3. The summed E-state index contributed by atoms with van der Waals surface area (Å²) in [7, 11) is 0. The van der Waals surface area contributed by atoms with Gasteiger partial charge in [-0.25, -0.2) is 0 Å². The van der Waals surface area contributed by atoms with Gasteiger partial charge in [-0.2, -0.15) is 0 Å².